The summed E-state index contributed by atoms with van der Waals surface area (Å²) in [6.07, 6.45) is 3.07. The Kier molecular flexibility index (Phi) is 3.98. The van der Waals surface area contributed by atoms with Crippen molar-refractivity contribution in [2.75, 3.05) is 19.8 Å². The van der Waals surface area contributed by atoms with Gasteiger partial charge in [-0.25, -0.2) is 0 Å². The molecule has 2 unspecified atom stereocenters. The lowest BCUT2D eigenvalue weighted by molar-refractivity contribution is -0.160. The van der Waals surface area contributed by atoms with Crippen LogP contribution in [0.15, 0.2) is 21.2 Å². The first-order valence-electron chi connectivity index (χ1n) is 6.84. The summed E-state index contributed by atoms with van der Waals surface area (Å²) in [7, 11) is 0. The molecule has 0 radical (unpaired) electrons. The molecule has 0 saturated carbocycles. The van der Waals surface area contributed by atoms with E-state index in [1.807, 2.05) is 12.1 Å². The quantitative estimate of drug-likeness (QED) is 0.905. The summed E-state index contributed by atoms with van der Waals surface area (Å²) in [6.45, 7) is 2.23. The van der Waals surface area contributed by atoms with Crippen LogP contribution in [-0.4, -0.2) is 30.5 Å². The van der Waals surface area contributed by atoms with Gasteiger partial charge in [0.25, 0.3) is 0 Å². The van der Waals surface area contributed by atoms with Gasteiger partial charge in [-0.05, 0) is 59.7 Å². The molecule has 2 saturated heterocycles. The van der Waals surface area contributed by atoms with Gasteiger partial charge < -0.3 is 19.0 Å². The Morgan fingerprint density at radius 2 is 2.05 bits per heavy atom. The summed E-state index contributed by atoms with van der Waals surface area (Å²) in [5.41, 5.74) is -0.0913. The monoisotopic (exact) mass is 330 g/mol. The Hall–Kier alpha value is -0.360. The molecule has 0 bridgehead atoms. The summed E-state index contributed by atoms with van der Waals surface area (Å²) in [5, 5.41) is 10.5. The minimum Gasteiger partial charge on any atom is -0.452 e. The first kappa shape index (κ1) is 13.6. The average Bonchev–Trinajstić information content (AvgIpc) is 2.85. The smallest absolute Gasteiger partial charge is 0.169 e. The fourth-order valence-corrected chi connectivity index (χ4v) is 3.47. The summed E-state index contributed by atoms with van der Waals surface area (Å²) in [6, 6.07) is 3.66. The highest BCUT2D eigenvalue weighted by Crippen LogP contribution is 2.42. The summed E-state index contributed by atoms with van der Waals surface area (Å²) >= 11 is 3.28. The number of rotatable bonds is 2. The van der Waals surface area contributed by atoms with Crippen LogP contribution < -0.4 is 0 Å². The third-order valence-electron chi connectivity index (χ3n) is 4.27. The molecule has 0 aromatic carbocycles. The first-order chi connectivity index (χ1) is 9.19. The number of aliphatic hydroxyl groups is 1. The van der Waals surface area contributed by atoms with Crippen LogP contribution >= 0.6 is 15.9 Å². The molecule has 106 valence electrons. The molecular formula is C14H19BrO4. The maximum Gasteiger partial charge on any atom is 0.169 e. The Bertz CT molecular complexity index is 419. The third-order valence-corrected chi connectivity index (χ3v) is 4.69. The van der Waals surface area contributed by atoms with E-state index in [1.165, 1.54) is 0 Å². The topological polar surface area (TPSA) is 51.8 Å². The van der Waals surface area contributed by atoms with Crippen molar-refractivity contribution in [1.29, 1.82) is 0 Å². The lowest BCUT2D eigenvalue weighted by Gasteiger charge is -2.44. The normalized spacial score (nSPS) is 28.4. The van der Waals surface area contributed by atoms with Gasteiger partial charge in [0.2, 0.25) is 0 Å². The van der Waals surface area contributed by atoms with Crippen LogP contribution in [-0.2, 0) is 9.47 Å². The fraction of sp³-hybridized carbons (Fsp3) is 0.714. The van der Waals surface area contributed by atoms with Crippen LogP contribution in [0, 0.1) is 5.92 Å². The number of aliphatic hydroxyl groups excluding tert-OH is 1. The second-order valence-corrected chi connectivity index (χ2v) is 6.27. The van der Waals surface area contributed by atoms with Crippen molar-refractivity contribution in [3.8, 4) is 0 Å². The van der Waals surface area contributed by atoms with Crippen molar-refractivity contribution in [3.63, 3.8) is 0 Å². The maximum absolute atomic E-state index is 10.5. The van der Waals surface area contributed by atoms with Crippen molar-refractivity contribution < 1.29 is 19.0 Å². The maximum atomic E-state index is 10.5. The van der Waals surface area contributed by atoms with Gasteiger partial charge in [0.05, 0.1) is 5.60 Å². The van der Waals surface area contributed by atoms with E-state index in [0.29, 0.717) is 17.0 Å². The minimum atomic E-state index is -0.546. The van der Waals surface area contributed by atoms with Gasteiger partial charge in [-0.2, -0.15) is 0 Å². The van der Waals surface area contributed by atoms with Crippen LogP contribution in [0.5, 0.6) is 0 Å². The number of furan rings is 1. The zero-order chi connectivity index (χ0) is 13.3. The molecule has 1 aromatic rings. The highest BCUT2D eigenvalue weighted by atomic mass is 79.9. The van der Waals surface area contributed by atoms with E-state index in [-0.39, 0.29) is 11.5 Å². The van der Waals surface area contributed by atoms with Crippen LogP contribution in [0.4, 0.5) is 0 Å². The molecular weight excluding hydrogens is 312 g/mol. The zero-order valence-corrected chi connectivity index (χ0v) is 12.4. The lowest BCUT2D eigenvalue weighted by atomic mass is 9.78. The number of hydrogen-bond acceptors (Lipinski definition) is 4. The van der Waals surface area contributed by atoms with Gasteiger partial charge in [0.15, 0.2) is 4.67 Å². The van der Waals surface area contributed by atoms with Gasteiger partial charge in [0, 0.05) is 19.8 Å². The predicted octanol–water partition coefficient (Wildman–Crippen LogP) is 3.05. The zero-order valence-electron chi connectivity index (χ0n) is 10.8. The van der Waals surface area contributed by atoms with E-state index in [9.17, 15) is 5.11 Å². The average molecular weight is 331 g/mol. The second kappa shape index (κ2) is 5.56. The summed E-state index contributed by atoms with van der Waals surface area (Å²) < 4.78 is 17.5. The van der Waals surface area contributed by atoms with E-state index in [4.69, 9.17) is 13.9 Å². The predicted molar refractivity (Wildman–Crippen MR) is 72.8 cm³/mol. The van der Waals surface area contributed by atoms with Crippen molar-refractivity contribution in [3.05, 3.63) is 22.6 Å². The molecule has 19 heavy (non-hydrogen) atoms. The molecule has 3 heterocycles. The van der Waals surface area contributed by atoms with Crippen LogP contribution in [0.3, 0.4) is 0 Å². The Morgan fingerprint density at radius 1 is 1.26 bits per heavy atom. The molecule has 1 N–H and O–H groups in total. The van der Waals surface area contributed by atoms with Gasteiger partial charge in [-0.15, -0.1) is 0 Å². The molecule has 0 amide bonds. The number of hydrogen-bond donors (Lipinski definition) is 1. The van der Waals surface area contributed by atoms with E-state index in [0.717, 1.165) is 38.9 Å². The largest absolute Gasteiger partial charge is 0.452 e. The molecule has 4 nitrogen and oxygen atoms in total. The molecule has 2 aliphatic rings. The van der Waals surface area contributed by atoms with Crippen LogP contribution in [0.25, 0.3) is 0 Å². The lowest BCUT2D eigenvalue weighted by Crippen LogP contribution is -2.45. The molecule has 2 atom stereocenters. The molecule has 2 fully saturated rings. The van der Waals surface area contributed by atoms with E-state index in [1.54, 1.807) is 0 Å². The minimum absolute atomic E-state index is 0.0913. The van der Waals surface area contributed by atoms with E-state index < -0.39 is 6.10 Å². The van der Waals surface area contributed by atoms with Gasteiger partial charge in [0.1, 0.15) is 11.9 Å². The van der Waals surface area contributed by atoms with Crippen molar-refractivity contribution in [2.45, 2.75) is 37.4 Å². The third kappa shape index (κ3) is 2.89. The van der Waals surface area contributed by atoms with Crippen LogP contribution in [0.2, 0.25) is 0 Å². The molecule has 0 aliphatic carbocycles. The SMILES string of the molecule is OC(c1ccc(Br)o1)C1CCOC2(CCOCC2)C1. The summed E-state index contributed by atoms with van der Waals surface area (Å²) in [4.78, 5) is 0. The second-order valence-electron chi connectivity index (χ2n) is 5.48. The Morgan fingerprint density at radius 3 is 2.74 bits per heavy atom. The fourth-order valence-electron chi connectivity index (χ4n) is 3.15. The number of halogens is 1. The Labute approximate surface area is 121 Å². The van der Waals surface area contributed by atoms with Crippen molar-refractivity contribution in [2.24, 2.45) is 5.92 Å². The number of ether oxygens (including phenoxy) is 2. The van der Waals surface area contributed by atoms with Gasteiger partial charge in [-0.1, -0.05) is 0 Å². The molecule has 3 rings (SSSR count). The molecule has 2 aliphatic heterocycles. The highest BCUT2D eigenvalue weighted by molar-refractivity contribution is 9.10. The highest BCUT2D eigenvalue weighted by Gasteiger charge is 2.41. The standard InChI is InChI=1S/C14H19BrO4/c15-12-2-1-11(19-12)13(16)10-3-6-18-14(9-10)4-7-17-8-5-14/h1-2,10,13,16H,3-9H2. The van der Waals surface area contributed by atoms with Crippen molar-refractivity contribution >= 4 is 15.9 Å². The first-order valence-corrected chi connectivity index (χ1v) is 7.63. The van der Waals surface area contributed by atoms with Crippen LogP contribution in [0.1, 0.15) is 37.5 Å². The van der Waals surface area contributed by atoms with Gasteiger partial charge in [-0.3, -0.25) is 0 Å². The molecule has 5 heteroatoms. The van der Waals surface area contributed by atoms with Gasteiger partial charge >= 0.3 is 0 Å². The summed E-state index contributed by atoms with van der Waals surface area (Å²) in [5.74, 6) is 0.839. The van der Waals surface area contributed by atoms with E-state index in [2.05, 4.69) is 15.9 Å². The van der Waals surface area contributed by atoms with Crippen molar-refractivity contribution in [1.82, 2.24) is 0 Å². The molecule has 1 aromatic heterocycles. The van der Waals surface area contributed by atoms with E-state index >= 15 is 0 Å². The molecule has 1 spiro atoms. The Balaban J connectivity index is 1.70.